The van der Waals surface area contributed by atoms with Gasteiger partial charge in [-0.15, -0.1) is 0 Å². The highest BCUT2D eigenvalue weighted by atomic mass is 79.9. The number of carbonyl (C=O) groups is 1. The van der Waals surface area contributed by atoms with Gasteiger partial charge in [-0.3, -0.25) is 14.9 Å². The van der Waals surface area contributed by atoms with E-state index >= 15 is 0 Å². The molecule has 0 saturated carbocycles. The van der Waals surface area contributed by atoms with Crippen molar-refractivity contribution in [2.24, 2.45) is 0 Å². The fourth-order valence-corrected chi connectivity index (χ4v) is 3.29. The predicted octanol–water partition coefficient (Wildman–Crippen LogP) is 2.76. The Morgan fingerprint density at radius 3 is 2.42 bits per heavy atom. The summed E-state index contributed by atoms with van der Waals surface area (Å²) >= 11 is 3.07. The Morgan fingerprint density at radius 2 is 1.83 bits per heavy atom. The van der Waals surface area contributed by atoms with Gasteiger partial charge in [0.15, 0.2) is 0 Å². The van der Waals surface area contributed by atoms with E-state index in [-0.39, 0.29) is 11.3 Å². The third-order valence-electron chi connectivity index (χ3n) is 2.93. The number of non-ortho nitro benzene ring substituents is 1. The highest BCUT2D eigenvalue weighted by molar-refractivity contribution is 9.10. The number of nitrogens with zero attached hydrogens (tertiary/aromatic N) is 1. The molecule has 0 saturated heterocycles. The molecule has 2 aromatic rings. The van der Waals surface area contributed by atoms with Crippen LogP contribution >= 0.6 is 15.9 Å². The van der Waals surface area contributed by atoms with Gasteiger partial charge < -0.3 is 0 Å². The standard InChI is InChI=1S/C14H10BrFN2O5S/c15-10-3-6-13(16)12(7-10)14(19)17-24(22,23)8-9-1-4-11(5-2-9)18(20)21/h1-7H,8H2,(H,17,19). The van der Waals surface area contributed by atoms with E-state index in [4.69, 9.17) is 0 Å². The third-order valence-corrected chi connectivity index (χ3v) is 4.63. The first-order chi connectivity index (χ1) is 11.2. The van der Waals surface area contributed by atoms with Gasteiger partial charge in [-0.1, -0.05) is 28.1 Å². The Hall–Kier alpha value is -2.33. The van der Waals surface area contributed by atoms with E-state index in [0.29, 0.717) is 4.47 Å². The number of sulfonamides is 1. The van der Waals surface area contributed by atoms with Gasteiger partial charge in [-0.2, -0.15) is 0 Å². The van der Waals surface area contributed by atoms with Crippen LogP contribution in [0.15, 0.2) is 46.9 Å². The zero-order chi connectivity index (χ0) is 17.9. The number of nitro groups is 1. The van der Waals surface area contributed by atoms with Crippen LogP contribution in [-0.4, -0.2) is 19.2 Å². The molecule has 0 aliphatic carbocycles. The Labute approximate surface area is 144 Å². The van der Waals surface area contributed by atoms with Gasteiger partial charge in [0.1, 0.15) is 5.82 Å². The van der Waals surface area contributed by atoms with Crippen LogP contribution in [0.25, 0.3) is 0 Å². The Kier molecular flexibility index (Phi) is 5.30. The Morgan fingerprint density at radius 1 is 1.21 bits per heavy atom. The number of rotatable bonds is 5. The minimum Gasteiger partial charge on any atom is -0.268 e. The number of halogens is 2. The van der Waals surface area contributed by atoms with Crippen LogP contribution in [-0.2, 0) is 15.8 Å². The van der Waals surface area contributed by atoms with E-state index in [1.807, 2.05) is 0 Å². The summed E-state index contributed by atoms with van der Waals surface area (Å²) in [6.07, 6.45) is 0. The zero-order valence-electron chi connectivity index (χ0n) is 11.9. The smallest absolute Gasteiger partial charge is 0.268 e. The summed E-state index contributed by atoms with van der Waals surface area (Å²) in [6.45, 7) is 0. The largest absolute Gasteiger partial charge is 0.269 e. The van der Waals surface area contributed by atoms with Crippen LogP contribution in [0.5, 0.6) is 0 Å². The van der Waals surface area contributed by atoms with Gasteiger partial charge in [0.2, 0.25) is 10.0 Å². The van der Waals surface area contributed by atoms with E-state index in [2.05, 4.69) is 15.9 Å². The summed E-state index contributed by atoms with van der Waals surface area (Å²) < 4.78 is 39.8. The predicted molar refractivity (Wildman–Crippen MR) is 87.3 cm³/mol. The molecular weight excluding hydrogens is 407 g/mol. The van der Waals surface area contributed by atoms with E-state index in [0.717, 1.165) is 24.3 Å². The van der Waals surface area contributed by atoms with Crippen molar-refractivity contribution in [1.29, 1.82) is 0 Å². The maximum atomic E-state index is 13.6. The lowest BCUT2D eigenvalue weighted by Crippen LogP contribution is -2.32. The van der Waals surface area contributed by atoms with Gasteiger partial charge >= 0.3 is 0 Å². The molecule has 1 amide bonds. The SMILES string of the molecule is O=C(NS(=O)(=O)Cc1ccc([N+](=O)[O-])cc1)c1cc(Br)ccc1F. The monoisotopic (exact) mass is 416 g/mol. The van der Waals surface area contributed by atoms with E-state index in [1.165, 1.54) is 18.2 Å². The first-order valence-corrected chi connectivity index (χ1v) is 8.86. The fourth-order valence-electron chi connectivity index (χ4n) is 1.84. The maximum Gasteiger partial charge on any atom is 0.269 e. The van der Waals surface area contributed by atoms with Gasteiger partial charge in [-0.25, -0.2) is 17.5 Å². The summed E-state index contributed by atoms with van der Waals surface area (Å²) in [5, 5.41) is 10.6. The summed E-state index contributed by atoms with van der Waals surface area (Å²) in [5.74, 6) is -2.54. The minimum absolute atomic E-state index is 0.184. The number of amides is 1. The molecule has 24 heavy (non-hydrogen) atoms. The lowest BCUT2D eigenvalue weighted by Gasteiger charge is -2.08. The quantitative estimate of drug-likeness (QED) is 0.595. The highest BCUT2D eigenvalue weighted by Gasteiger charge is 2.20. The highest BCUT2D eigenvalue weighted by Crippen LogP contribution is 2.17. The fraction of sp³-hybridized carbons (Fsp3) is 0.0714. The molecule has 126 valence electrons. The molecule has 7 nitrogen and oxygen atoms in total. The van der Waals surface area contributed by atoms with Crippen molar-refractivity contribution < 1.29 is 22.5 Å². The molecule has 0 aliphatic heterocycles. The van der Waals surface area contributed by atoms with Crippen LogP contribution in [0, 0.1) is 15.9 Å². The molecule has 2 aromatic carbocycles. The lowest BCUT2D eigenvalue weighted by atomic mass is 10.2. The van der Waals surface area contributed by atoms with Crippen molar-refractivity contribution in [3.05, 3.63) is 74.0 Å². The van der Waals surface area contributed by atoms with Crippen LogP contribution < -0.4 is 4.72 Å². The summed E-state index contributed by atoms with van der Waals surface area (Å²) in [5.41, 5.74) is -0.358. The number of nitrogens with one attached hydrogen (secondary N) is 1. The molecule has 10 heteroatoms. The molecule has 0 bridgehead atoms. The first kappa shape index (κ1) is 18.0. The van der Waals surface area contributed by atoms with Crippen LogP contribution in [0.2, 0.25) is 0 Å². The molecule has 0 heterocycles. The summed E-state index contributed by atoms with van der Waals surface area (Å²) in [4.78, 5) is 21.9. The van der Waals surface area contributed by atoms with E-state index in [9.17, 15) is 27.7 Å². The molecular formula is C14H10BrFN2O5S. The van der Waals surface area contributed by atoms with Crippen molar-refractivity contribution in [1.82, 2.24) is 4.72 Å². The molecule has 0 aliphatic rings. The first-order valence-electron chi connectivity index (χ1n) is 6.41. The maximum absolute atomic E-state index is 13.6. The van der Waals surface area contributed by atoms with Gasteiger partial charge in [0.25, 0.3) is 11.6 Å². The number of hydrogen-bond acceptors (Lipinski definition) is 5. The summed E-state index contributed by atoms with van der Waals surface area (Å²) in [7, 11) is -4.10. The second-order valence-electron chi connectivity index (χ2n) is 4.74. The van der Waals surface area contributed by atoms with Crippen LogP contribution in [0.1, 0.15) is 15.9 Å². The minimum atomic E-state index is -4.10. The zero-order valence-corrected chi connectivity index (χ0v) is 14.3. The lowest BCUT2D eigenvalue weighted by molar-refractivity contribution is -0.384. The average Bonchev–Trinajstić information content (AvgIpc) is 2.49. The third kappa shape index (κ3) is 4.59. The van der Waals surface area contributed by atoms with Gasteiger partial charge in [0, 0.05) is 16.6 Å². The Balaban J connectivity index is 2.14. The normalized spacial score (nSPS) is 11.1. The molecule has 2 rings (SSSR count). The molecule has 0 radical (unpaired) electrons. The second kappa shape index (κ2) is 7.05. The molecule has 0 fully saturated rings. The van der Waals surface area contributed by atoms with Crippen molar-refractivity contribution in [2.45, 2.75) is 5.75 Å². The van der Waals surface area contributed by atoms with Crippen molar-refractivity contribution >= 4 is 37.5 Å². The molecule has 0 spiro atoms. The molecule has 0 unspecified atom stereocenters. The molecule has 0 aromatic heterocycles. The second-order valence-corrected chi connectivity index (χ2v) is 7.38. The number of benzene rings is 2. The Bertz CT molecular complexity index is 900. The average molecular weight is 417 g/mol. The van der Waals surface area contributed by atoms with E-state index in [1.54, 1.807) is 4.72 Å². The number of nitro benzene ring substituents is 1. The number of hydrogen-bond donors (Lipinski definition) is 1. The van der Waals surface area contributed by atoms with E-state index < -0.39 is 38.0 Å². The van der Waals surface area contributed by atoms with Crippen LogP contribution in [0.4, 0.5) is 10.1 Å². The molecule has 1 N–H and O–H groups in total. The van der Waals surface area contributed by atoms with Crippen molar-refractivity contribution in [2.75, 3.05) is 0 Å². The van der Waals surface area contributed by atoms with Gasteiger partial charge in [0.05, 0.1) is 16.2 Å². The van der Waals surface area contributed by atoms with Crippen LogP contribution in [0.3, 0.4) is 0 Å². The van der Waals surface area contributed by atoms with Crippen molar-refractivity contribution in [3.63, 3.8) is 0 Å². The molecule has 0 atom stereocenters. The number of carbonyl (C=O) groups excluding carboxylic acids is 1. The van der Waals surface area contributed by atoms with Crippen molar-refractivity contribution in [3.8, 4) is 0 Å². The van der Waals surface area contributed by atoms with Gasteiger partial charge in [-0.05, 0) is 23.8 Å². The summed E-state index contributed by atoms with van der Waals surface area (Å²) in [6, 6.07) is 8.40. The topological polar surface area (TPSA) is 106 Å².